The Bertz CT molecular complexity index is 1110. The van der Waals surface area contributed by atoms with Gasteiger partial charge < -0.3 is 30.6 Å². The van der Waals surface area contributed by atoms with E-state index in [1.807, 2.05) is 0 Å². The fourth-order valence-corrected chi connectivity index (χ4v) is 3.15. The zero-order valence-corrected chi connectivity index (χ0v) is 21.3. The number of nitrogens with two attached hydrogens (primary N) is 1. The first-order chi connectivity index (χ1) is 16.0. The van der Waals surface area contributed by atoms with Crippen LogP contribution in [0.25, 0.3) is 0 Å². The van der Waals surface area contributed by atoms with Gasteiger partial charge in [0.05, 0.1) is 14.2 Å². The number of halogens is 2. The van der Waals surface area contributed by atoms with Crippen molar-refractivity contribution in [3.05, 3.63) is 58.1 Å². The first-order valence-electron chi connectivity index (χ1n) is 10.1. The Kier molecular flexibility index (Phi) is 10.8. The lowest BCUT2D eigenvalue weighted by atomic mass is 10.1. The van der Waals surface area contributed by atoms with E-state index in [0.717, 1.165) is 0 Å². The minimum Gasteiger partial charge on any atom is -0.497 e. The SMILES string of the molecule is COC(=O)C(C)(C)NC(=O)COc1cc(C(=N)N)ccc1CNC(=O)c1cc(Cl)cc(OC)c1.Cl. The van der Waals surface area contributed by atoms with Crippen molar-refractivity contribution in [2.75, 3.05) is 20.8 Å². The molecule has 0 aliphatic heterocycles. The van der Waals surface area contributed by atoms with E-state index >= 15 is 0 Å². The van der Waals surface area contributed by atoms with Crippen LogP contribution in [-0.2, 0) is 20.9 Å². The average molecular weight is 527 g/mol. The molecule has 0 unspecified atom stereocenters. The molecule has 0 spiro atoms. The van der Waals surface area contributed by atoms with Crippen molar-refractivity contribution >= 4 is 47.6 Å². The van der Waals surface area contributed by atoms with E-state index in [4.69, 9.17) is 32.2 Å². The lowest BCUT2D eigenvalue weighted by Crippen LogP contribution is -2.51. The van der Waals surface area contributed by atoms with E-state index in [9.17, 15) is 14.4 Å². The van der Waals surface area contributed by atoms with Gasteiger partial charge in [0, 0.05) is 28.3 Å². The molecule has 2 aromatic carbocycles. The zero-order chi connectivity index (χ0) is 25.5. The lowest BCUT2D eigenvalue weighted by Gasteiger charge is -2.23. The monoisotopic (exact) mass is 526 g/mol. The number of amides is 2. The van der Waals surface area contributed by atoms with Crippen LogP contribution in [-0.4, -0.2) is 50.0 Å². The molecule has 190 valence electrons. The molecule has 0 bridgehead atoms. The summed E-state index contributed by atoms with van der Waals surface area (Å²) in [5, 5.41) is 13.3. The largest absolute Gasteiger partial charge is 0.497 e. The zero-order valence-electron chi connectivity index (χ0n) is 19.7. The number of carbonyl (C=O) groups is 3. The van der Waals surface area contributed by atoms with E-state index in [2.05, 4.69) is 15.4 Å². The Morgan fingerprint density at radius 2 is 1.77 bits per heavy atom. The molecule has 0 aliphatic carbocycles. The third-order valence-corrected chi connectivity index (χ3v) is 4.91. The van der Waals surface area contributed by atoms with Crippen molar-refractivity contribution in [2.24, 2.45) is 5.73 Å². The number of esters is 1. The molecule has 2 amide bonds. The van der Waals surface area contributed by atoms with Gasteiger partial charge in [-0.05, 0) is 38.1 Å². The van der Waals surface area contributed by atoms with Crippen molar-refractivity contribution in [1.29, 1.82) is 5.41 Å². The van der Waals surface area contributed by atoms with Crippen LogP contribution in [0.5, 0.6) is 11.5 Å². The maximum atomic E-state index is 12.6. The highest BCUT2D eigenvalue weighted by atomic mass is 35.5. The van der Waals surface area contributed by atoms with E-state index in [-0.39, 0.29) is 30.5 Å². The predicted molar refractivity (Wildman–Crippen MR) is 134 cm³/mol. The molecular formula is C23H28Cl2N4O6. The van der Waals surface area contributed by atoms with Crippen LogP contribution < -0.4 is 25.8 Å². The summed E-state index contributed by atoms with van der Waals surface area (Å²) in [5.74, 6) is -1.09. The third kappa shape index (κ3) is 8.34. The van der Waals surface area contributed by atoms with Crippen LogP contribution in [0.4, 0.5) is 0 Å². The molecule has 0 heterocycles. The van der Waals surface area contributed by atoms with Crippen molar-refractivity contribution in [3.63, 3.8) is 0 Å². The van der Waals surface area contributed by atoms with Gasteiger partial charge in [-0.2, -0.15) is 0 Å². The maximum absolute atomic E-state index is 12.6. The molecule has 0 saturated heterocycles. The number of ether oxygens (including phenoxy) is 3. The number of carbonyl (C=O) groups excluding carboxylic acids is 3. The standard InChI is InChI=1S/C23H27ClN4O6.ClH/c1-23(2,22(31)33-4)28-19(29)12-34-18-9-13(20(25)26)5-6-14(18)11-27-21(30)15-7-16(24)10-17(8-15)32-3;/h5-10H,11-12H2,1-4H3,(H3,25,26)(H,27,30)(H,28,29);1H. The van der Waals surface area contributed by atoms with E-state index < -0.39 is 29.9 Å². The Morgan fingerprint density at radius 3 is 2.37 bits per heavy atom. The summed E-state index contributed by atoms with van der Waals surface area (Å²) in [7, 11) is 2.69. The summed E-state index contributed by atoms with van der Waals surface area (Å²) in [6.45, 7) is 2.63. The normalized spacial score (nSPS) is 10.4. The summed E-state index contributed by atoms with van der Waals surface area (Å²) < 4.78 is 15.4. The fraction of sp³-hybridized carbons (Fsp3) is 0.304. The third-order valence-electron chi connectivity index (χ3n) is 4.69. The highest BCUT2D eigenvalue weighted by Crippen LogP contribution is 2.23. The van der Waals surface area contributed by atoms with Crippen LogP contribution in [0.15, 0.2) is 36.4 Å². The fourth-order valence-electron chi connectivity index (χ4n) is 2.93. The van der Waals surface area contributed by atoms with Gasteiger partial charge in [-0.15, -0.1) is 12.4 Å². The average Bonchev–Trinajstić information content (AvgIpc) is 2.79. The molecule has 0 aromatic heterocycles. The number of amidine groups is 1. The molecule has 0 saturated carbocycles. The number of hydrogen-bond acceptors (Lipinski definition) is 7. The van der Waals surface area contributed by atoms with Gasteiger partial charge in [-0.25, -0.2) is 4.79 Å². The van der Waals surface area contributed by atoms with Crippen molar-refractivity contribution < 1.29 is 28.6 Å². The Balaban J connectivity index is 0.00000612. The molecule has 35 heavy (non-hydrogen) atoms. The number of hydrogen-bond donors (Lipinski definition) is 4. The number of nitrogens with one attached hydrogen (secondary N) is 3. The minimum absolute atomic E-state index is 0. The van der Waals surface area contributed by atoms with Gasteiger partial charge in [-0.3, -0.25) is 15.0 Å². The maximum Gasteiger partial charge on any atom is 0.330 e. The van der Waals surface area contributed by atoms with Gasteiger partial charge in [0.25, 0.3) is 11.8 Å². The summed E-state index contributed by atoms with van der Waals surface area (Å²) in [6.07, 6.45) is 0. The van der Waals surface area contributed by atoms with Crippen molar-refractivity contribution in [2.45, 2.75) is 25.9 Å². The van der Waals surface area contributed by atoms with Crippen LogP contribution in [0.1, 0.15) is 35.3 Å². The first kappa shape index (κ1) is 29.5. The van der Waals surface area contributed by atoms with Crippen LogP contribution in [0.3, 0.4) is 0 Å². The Hall–Kier alpha value is -3.50. The smallest absolute Gasteiger partial charge is 0.330 e. The van der Waals surface area contributed by atoms with E-state index in [1.165, 1.54) is 40.2 Å². The Labute approximate surface area is 214 Å². The number of nitrogen functional groups attached to an aromatic ring is 1. The molecule has 5 N–H and O–H groups in total. The second-order valence-corrected chi connectivity index (χ2v) is 8.19. The summed E-state index contributed by atoms with van der Waals surface area (Å²) >= 11 is 6.03. The number of methoxy groups -OCH3 is 2. The topological polar surface area (TPSA) is 153 Å². The molecule has 2 aromatic rings. The second-order valence-electron chi connectivity index (χ2n) is 7.75. The number of benzene rings is 2. The first-order valence-corrected chi connectivity index (χ1v) is 10.5. The number of rotatable bonds is 10. The molecule has 10 nitrogen and oxygen atoms in total. The minimum atomic E-state index is -1.24. The quantitative estimate of drug-likeness (QED) is 0.210. The molecule has 2 rings (SSSR count). The Morgan fingerprint density at radius 1 is 1.09 bits per heavy atom. The summed E-state index contributed by atoms with van der Waals surface area (Å²) in [6, 6.07) is 9.34. The molecule has 0 fully saturated rings. The molecule has 0 atom stereocenters. The van der Waals surface area contributed by atoms with Crippen LogP contribution >= 0.6 is 24.0 Å². The summed E-state index contributed by atoms with van der Waals surface area (Å²) in [5.41, 5.74) is 5.53. The van der Waals surface area contributed by atoms with Gasteiger partial charge in [0.1, 0.15) is 22.9 Å². The highest BCUT2D eigenvalue weighted by Gasteiger charge is 2.30. The van der Waals surface area contributed by atoms with Gasteiger partial charge in [0.2, 0.25) is 0 Å². The van der Waals surface area contributed by atoms with Crippen molar-refractivity contribution in [3.8, 4) is 11.5 Å². The molecule has 0 radical (unpaired) electrons. The van der Waals surface area contributed by atoms with Crippen LogP contribution in [0.2, 0.25) is 5.02 Å². The van der Waals surface area contributed by atoms with Crippen LogP contribution in [0, 0.1) is 5.41 Å². The second kappa shape index (κ2) is 12.8. The molecule has 0 aliphatic rings. The van der Waals surface area contributed by atoms with Gasteiger partial charge >= 0.3 is 5.97 Å². The van der Waals surface area contributed by atoms with Gasteiger partial charge in [0.15, 0.2) is 6.61 Å². The molecule has 12 heteroatoms. The molecular weight excluding hydrogens is 499 g/mol. The van der Waals surface area contributed by atoms with E-state index in [1.54, 1.807) is 24.3 Å². The predicted octanol–water partition coefficient (Wildman–Crippen LogP) is 2.43. The van der Waals surface area contributed by atoms with Crippen molar-refractivity contribution in [1.82, 2.24) is 10.6 Å². The lowest BCUT2D eigenvalue weighted by molar-refractivity contribution is -0.149. The summed E-state index contributed by atoms with van der Waals surface area (Å²) in [4.78, 5) is 36.7. The van der Waals surface area contributed by atoms with Gasteiger partial charge in [-0.1, -0.05) is 23.7 Å². The van der Waals surface area contributed by atoms with E-state index in [0.29, 0.717) is 27.5 Å². The highest BCUT2D eigenvalue weighted by molar-refractivity contribution is 6.31.